The second kappa shape index (κ2) is 17.4. The smallest absolute Gasteiger partial charge is 0.261 e. The van der Waals surface area contributed by atoms with Crippen LogP contribution in [0.25, 0.3) is 6.08 Å². The van der Waals surface area contributed by atoms with Crippen molar-refractivity contribution in [3.05, 3.63) is 161 Å². The summed E-state index contributed by atoms with van der Waals surface area (Å²) in [5.74, 6) is -1.19. The molecule has 0 radical (unpaired) electrons. The predicted molar refractivity (Wildman–Crippen MR) is 249 cm³/mol. The van der Waals surface area contributed by atoms with E-state index in [9.17, 15) is 14.7 Å². The Labute approximate surface area is 362 Å². The van der Waals surface area contributed by atoms with Crippen molar-refractivity contribution in [2.75, 3.05) is 23.4 Å². The van der Waals surface area contributed by atoms with E-state index >= 15 is 0 Å². The minimum Gasteiger partial charge on any atom is -0.507 e. The molecule has 2 N–H and O–H groups in total. The molecule has 8 rings (SSSR count). The minimum atomic E-state index is -2.93. The number of imide groups is 1. The van der Waals surface area contributed by atoms with Gasteiger partial charge in [-0.3, -0.25) is 14.5 Å². The van der Waals surface area contributed by atoms with Crippen molar-refractivity contribution in [2.24, 2.45) is 17.8 Å². The van der Waals surface area contributed by atoms with E-state index in [4.69, 9.17) is 9.16 Å². The van der Waals surface area contributed by atoms with Gasteiger partial charge in [-0.1, -0.05) is 118 Å². The average Bonchev–Trinajstić information content (AvgIpc) is 3.79. The Balaban J connectivity index is 1.14. The maximum absolute atomic E-state index is 14.7. The van der Waals surface area contributed by atoms with E-state index in [0.29, 0.717) is 31.1 Å². The fourth-order valence-electron chi connectivity index (χ4n) is 10.2. The van der Waals surface area contributed by atoms with Crippen LogP contribution in [-0.4, -0.2) is 44.6 Å². The summed E-state index contributed by atoms with van der Waals surface area (Å²) in [6, 6.07) is 42.9. The first-order valence-corrected chi connectivity index (χ1v) is 23.7. The Morgan fingerprint density at radius 3 is 1.97 bits per heavy atom. The van der Waals surface area contributed by atoms with Crippen molar-refractivity contribution in [3.63, 3.8) is 0 Å². The zero-order chi connectivity index (χ0) is 42.9. The molecule has 2 fully saturated rings. The number of ether oxygens (including phenoxy) is 1. The van der Waals surface area contributed by atoms with E-state index < -0.39 is 20.2 Å². The van der Waals surface area contributed by atoms with Gasteiger partial charge < -0.3 is 19.6 Å². The normalized spacial score (nSPS) is 20.6. The van der Waals surface area contributed by atoms with Crippen LogP contribution >= 0.6 is 0 Å². The number of aromatic hydroxyl groups is 1. The monoisotopic (exact) mass is 830 g/mol. The fourth-order valence-corrected chi connectivity index (χ4v) is 14.7. The lowest BCUT2D eigenvalue weighted by atomic mass is 9.69. The number of anilines is 3. The van der Waals surface area contributed by atoms with Crippen molar-refractivity contribution in [1.82, 2.24) is 0 Å². The second-order valence-corrected chi connectivity index (χ2v) is 22.3. The van der Waals surface area contributed by atoms with Crippen LogP contribution in [-0.2, 0) is 18.8 Å². The zero-order valence-electron chi connectivity index (χ0n) is 36.3. The number of hydrogen-bond acceptors (Lipinski definition) is 6. The zero-order valence-corrected chi connectivity index (χ0v) is 37.3. The van der Waals surface area contributed by atoms with Gasteiger partial charge in [-0.05, 0) is 131 Å². The molecule has 4 atom stereocenters. The Bertz CT molecular complexity index is 2380. The highest BCUT2D eigenvalue weighted by atomic mass is 28.4. The summed E-state index contributed by atoms with van der Waals surface area (Å²) in [5.41, 5.74) is 8.76. The lowest BCUT2D eigenvalue weighted by molar-refractivity contribution is -0.122. The molecular formula is C53H58N2O5Si. The molecule has 5 aromatic carbocycles. The molecule has 8 heteroatoms. The topological polar surface area (TPSA) is 88.1 Å². The number of phenolic OH excluding ortho intramolecular Hbond substituents is 1. The summed E-state index contributed by atoms with van der Waals surface area (Å²) in [7, 11) is -2.93. The third-order valence-corrected chi connectivity index (χ3v) is 18.1. The SMILES string of the molecule is CC/C(=C\c1cc(C)c(O)c(C)c1)CC[C@H]1OC[C@H]2C1=C(CO[Si](c1ccccc1)(c1ccccc1)C(C)(C)C)C[C@H]1C(=O)N(c3ccc(Nc4ccccc4)cc3)C(=O)[C@H]12. The Morgan fingerprint density at radius 2 is 1.39 bits per heavy atom. The number of carbonyl (C=O) groups is 2. The number of fused-ring (bicyclic) bond motifs is 3. The van der Waals surface area contributed by atoms with Crippen molar-refractivity contribution in [2.45, 2.75) is 78.4 Å². The number of nitrogens with zero attached hydrogens (tertiary/aromatic N) is 1. The number of hydrogen-bond donors (Lipinski definition) is 2. The van der Waals surface area contributed by atoms with Gasteiger partial charge in [0.15, 0.2) is 0 Å². The standard InChI is InChI=1S/C53H58N2O5Si/c1-7-37(31-38-29-35(2)50(56)36(3)30-38)23-28-47-48-39(33-60-61(53(4,5)6,43-19-13-9-14-20-43)44-21-15-10-16-22-44)32-45-49(46(48)34-59-47)52(58)55(51(45)57)42-26-24-41(25-27-42)54-40-17-11-8-12-18-40/h8-22,24-27,29-31,45-47,49,54,56H,7,23,28,32-34H2,1-6H3/b37-31+/t45-,46+,47-,49-/m1/s1. The highest BCUT2D eigenvalue weighted by molar-refractivity contribution is 6.99. The van der Waals surface area contributed by atoms with Crippen molar-refractivity contribution < 1.29 is 23.9 Å². The van der Waals surface area contributed by atoms with Crippen molar-refractivity contribution in [3.8, 4) is 5.75 Å². The second-order valence-electron chi connectivity index (χ2n) is 18.0. The number of allylic oxidation sites excluding steroid dienone is 1. The molecular weight excluding hydrogens is 773 g/mol. The highest BCUT2D eigenvalue weighted by Gasteiger charge is 2.58. The number of para-hydroxylation sites is 1. The fraction of sp³-hybridized carbons (Fsp3) is 0.321. The summed E-state index contributed by atoms with van der Waals surface area (Å²) in [6.45, 7) is 13.6. The van der Waals surface area contributed by atoms with Gasteiger partial charge >= 0.3 is 0 Å². The quantitative estimate of drug-likeness (QED) is 0.0698. The number of benzene rings is 5. The average molecular weight is 831 g/mol. The molecule has 2 heterocycles. The van der Waals surface area contributed by atoms with Crippen LogP contribution in [0, 0.1) is 31.6 Å². The van der Waals surface area contributed by atoms with E-state index in [1.54, 1.807) is 0 Å². The van der Waals surface area contributed by atoms with Gasteiger partial charge in [0.05, 0.1) is 36.8 Å². The number of nitrogens with one attached hydrogen (secondary N) is 1. The third kappa shape index (κ3) is 8.17. The van der Waals surface area contributed by atoms with Crippen LogP contribution < -0.4 is 20.6 Å². The third-order valence-electron chi connectivity index (χ3n) is 13.1. The van der Waals surface area contributed by atoms with Gasteiger partial charge in [0.25, 0.3) is 8.32 Å². The van der Waals surface area contributed by atoms with Crippen LogP contribution in [0.2, 0.25) is 5.04 Å². The highest BCUT2D eigenvalue weighted by Crippen LogP contribution is 2.51. The van der Waals surface area contributed by atoms with Gasteiger partial charge in [0.2, 0.25) is 11.8 Å². The molecule has 2 saturated heterocycles. The van der Waals surface area contributed by atoms with E-state index in [0.717, 1.165) is 58.5 Å². The van der Waals surface area contributed by atoms with Gasteiger partial charge in [-0.25, -0.2) is 0 Å². The van der Waals surface area contributed by atoms with Gasteiger partial charge in [-0.2, -0.15) is 0 Å². The van der Waals surface area contributed by atoms with E-state index in [-0.39, 0.29) is 28.9 Å². The van der Waals surface area contributed by atoms with E-state index in [1.165, 1.54) is 20.8 Å². The number of amides is 2. The first-order valence-electron chi connectivity index (χ1n) is 21.8. The van der Waals surface area contributed by atoms with E-state index in [2.05, 4.69) is 99.8 Å². The lowest BCUT2D eigenvalue weighted by Gasteiger charge is -2.44. The maximum Gasteiger partial charge on any atom is 0.261 e. The molecule has 5 aromatic rings. The molecule has 7 nitrogen and oxygen atoms in total. The molecule has 2 amide bonds. The van der Waals surface area contributed by atoms with Crippen LogP contribution in [0.15, 0.2) is 144 Å². The molecule has 0 bridgehead atoms. The number of aryl methyl sites for hydroxylation is 2. The first-order chi connectivity index (χ1) is 29.4. The minimum absolute atomic E-state index is 0.148. The molecule has 0 spiro atoms. The molecule has 1 aliphatic carbocycles. The molecule has 0 aromatic heterocycles. The number of phenols is 1. The Hall–Kier alpha value is -5.54. The van der Waals surface area contributed by atoms with E-state index in [1.807, 2.05) is 80.6 Å². The van der Waals surface area contributed by atoms with Crippen LogP contribution in [0.4, 0.5) is 17.1 Å². The van der Waals surface area contributed by atoms with Gasteiger partial charge in [-0.15, -0.1) is 0 Å². The molecule has 0 unspecified atom stereocenters. The Kier molecular flexibility index (Phi) is 12.1. The number of rotatable bonds is 13. The molecule has 314 valence electrons. The van der Waals surface area contributed by atoms with Crippen molar-refractivity contribution >= 4 is 53.6 Å². The van der Waals surface area contributed by atoms with Crippen LogP contribution in [0.1, 0.15) is 70.1 Å². The van der Waals surface area contributed by atoms with Crippen LogP contribution in [0.5, 0.6) is 5.75 Å². The Morgan fingerprint density at radius 1 is 0.820 bits per heavy atom. The van der Waals surface area contributed by atoms with Crippen molar-refractivity contribution in [1.29, 1.82) is 0 Å². The summed E-state index contributed by atoms with van der Waals surface area (Å²) in [5, 5.41) is 16.0. The van der Waals surface area contributed by atoms with Gasteiger partial charge in [0.1, 0.15) is 5.75 Å². The maximum atomic E-state index is 14.7. The predicted octanol–water partition coefficient (Wildman–Crippen LogP) is 10.4. The van der Waals surface area contributed by atoms with Gasteiger partial charge in [0, 0.05) is 17.3 Å². The lowest BCUT2D eigenvalue weighted by Crippen LogP contribution is -2.66. The van der Waals surface area contributed by atoms with Crippen LogP contribution in [0.3, 0.4) is 0 Å². The summed E-state index contributed by atoms with van der Waals surface area (Å²) in [6.07, 6.45) is 4.93. The summed E-state index contributed by atoms with van der Waals surface area (Å²) in [4.78, 5) is 30.7. The molecule has 61 heavy (non-hydrogen) atoms. The first kappa shape index (κ1) is 42.2. The largest absolute Gasteiger partial charge is 0.507 e. The molecule has 2 aliphatic heterocycles. The molecule has 0 saturated carbocycles. The molecule has 3 aliphatic rings. The summed E-state index contributed by atoms with van der Waals surface area (Å²) >= 11 is 0. The number of carbonyl (C=O) groups excluding carboxylic acids is 2. The summed E-state index contributed by atoms with van der Waals surface area (Å²) < 4.78 is 14.3.